The molecule has 1 saturated carbocycles. The van der Waals surface area contributed by atoms with Crippen molar-refractivity contribution >= 4 is 5.91 Å². The Bertz CT molecular complexity index is 233. The first-order valence-corrected chi connectivity index (χ1v) is 5.68. The van der Waals surface area contributed by atoms with Gasteiger partial charge < -0.3 is 10.1 Å². The Kier molecular flexibility index (Phi) is 3.44. The van der Waals surface area contributed by atoms with Crippen LogP contribution in [0, 0.1) is 5.41 Å². The number of nitrogens with one attached hydrogen (secondary N) is 1. The molecule has 0 saturated heterocycles. The van der Waals surface area contributed by atoms with Crippen LogP contribution < -0.4 is 5.32 Å². The second-order valence-electron chi connectivity index (χ2n) is 5.61. The minimum atomic E-state index is -0.528. The number of ether oxygens (including phenoxy) is 1. The van der Waals surface area contributed by atoms with Crippen LogP contribution in [-0.4, -0.2) is 24.7 Å². The van der Waals surface area contributed by atoms with E-state index in [9.17, 15) is 4.79 Å². The van der Waals surface area contributed by atoms with Crippen LogP contribution in [0.3, 0.4) is 0 Å². The molecule has 1 atom stereocenters. The SMILES string of the molecule is COC1(C(=O)NC(C)C(C)(C)C)CCC1. The molecule has 0 bridgehead atoms. The zero-order valence-corrected chi connectivity index (χ0v) is 10.5. The van der Waals surface area contributed by atoms with E-state index in [4.69, 9.17) is 4.74 Å². The zero-order valence-electron chi connectivity index (χ0n) is 10.5. The molecule has 88 valence electrons. The zero-order chi connectivity index (χ0) is 11.7. The third kappa shape index (κ3) is 2.51. The molecule has 1 N–H and O–H groups in total. The fourth-order valence-corrected chi connectivity index (χ4v) is 1.57. The monoisotopic (exact) mass is 213 g/mol. The number of methoxy groups -OCH3 is 1. The molecule has 1 aliphatic rings. The topological polar surface area (TPSA) is 38.3 Å². The van der Waals surface area contributed by atoms with E-state index in [1.807, 2.05) is 6.92 Å². The molecule has 3 nitrogen and oxygen atoms in total. The van der Waals surface area contributed by atoms with Gasteiger partial charge in [-0.3, -0.25) is 4.79 Å². The van der Waals surface area contributed by atoms with Crippen molar-refractivity contribution in [2.45, 2.75) is 58.6 Å². The second-order valence-corrected chi connectivity index (χ2v) is 5.61. The van der Waals surface area contributed by atoms with Gasteiger partial charge in [-0.15, -0.1) is 0 Å². The lowest BCUT2D eigenvalue weighted by atomic mass is 9.78. The van der Waals surface area contributed by atoms with Gasteiger partial charge in [-0.25, -0.2) is 0 Å². The first kappa shape index (κ1) is 12.5. The van der Waals surface area contributed by atoms with Gasteiger partial charge in [-0.2, -0.15) is 0 Å². The molecule has 0 spiro atoms. The maximum Gasteiger partial charge on any atom is 0.252 e. The van der Waals surface area contributed by atoms with E-state index in [1.54, 1.807) is 7.11 Å². The highest BCUT2D eigenvalue weighted by molar-refractivity contribution is 5.86. The van der Waals surface area contributed by atoms with E-state index in [-0.39, 0.29) is 17.4 Å². The molecule has 3 heteroatoms. The number of carbonyl (C=O) groups excluding carboxylic acids is 1. The van der Waals surface area contributed by atoms with Gasteiger partial charge in [0.2, 0.25) is 0 Å². The van der Waals surface area contributed by atoms with E-state index in [0.717, 1.165) is 19.3 Å². The summed E-state index contributed by atoms with van der Waals surface area (Å²) in [5, 5.41) is 3.05. The number of hydrogen-bond acceptors (Lipinski definition) is 2. The van der Waals surface area contributed by atoms with Crippen LogP contribution in [0.4, 0.5) is 0 Å². The van der Waals surface area contributed by atoms with Gasteiger partial charge in [0.25, 0.3) is 5.91 Å². The van der Waals surface area contributed by atoms with Gasteiger partial charge in [0.1, 0.15) is 5.60 Å². The minimum Gasteiger partial charge on any atom is -0.368 e. The number of rotatable bonds is 3. The van der Waals surface area contributed by atoms with Gasteiger partial charge in [-0.05, 0) is 31.6 Å². The maximum atomic E-state index is 12.0. The van der Waals surface area contributed by atoms with Crippen molar-refractivity contribution in [3.05, 3.63) is 0 Å². The fourth-order valence-electron chi connectivity index (χ4n) is 1.57. The molecule has 1 amide bonds. The third-order valence-electron chi connectivity index (χ3n) is 3.61. The molecular formula is C12H23NO2. The number of hydrogen-bond donors (Lipinski definition) is 1. The fraction of sp³-hybridized carbons (Fsp3) is 0.917. The summed E-state index contributed by atoms with van der Waals surface area (Å²) in [7, 11) is 1.63. The normalized spacial score (nSPS) is 21.7. The third-order valence-corrected chi connectivity index (χ3v) is 3.61. The van der Waals surface area contributed by atoms with Gasteiger partial charge in [0.05, 0.1) is 0 Å². The van der Waals surface area contributed by atoms with Crippen molar-refractivity contribution in [1.82, 2.24) is 5.32 Å². The van der Waals surface area contributed by atoms with Gasteiger partial charge >= 0.3 is 0 Å². The van der Waals surface area contributed by atoms with E-state index in [1.165, 1.54) is 0 Å². The molecule has 0 aliphatic heterocycles. The molecule has 1 unspecified atom stereocenters. The molecule has 15 heavy (non-hydrogen) atoms. The second kappa shape index (κ2) is 4.12. The summed E-state index contributed by atoms with van der Waals surface area (Å²) in [6, 6.07) is 0.164. The van der Waals surface area contributed by atoms with Crippen molar-refractivity contribution in [3.63, 3.8) is 0 Å². The Balaban J connectivity index is 2.55. The molecule has 0 aromatic heterocycles. The maximum absolute atomic E-state index is 12.0. The molecule has 1 fully saturated rings. The van der Waals surface area contributed by atoms with E-state index in [2.05, 4.69) is 26.1 Å². The van der Waals surface area contributed by atoms with E-state index < -0.39 is 5.60 Å². The van der Waals surface area contributed by atoms with Crippen LogP contribution in [0.2, 0.25) is 0 Å². The summed E-state index contributed by atoms with van der Waals surface area (Å²) < 4.78 is 5.34. The highest BCUT2D eigenvalue weighted by Gasteiger charge is 2.45. The standard InChI is InChI=1S/C12H23NO2/c1-9(11(2,3)4)13-10(14)12(15-5)7-6-8-12/h9H,6-8H2,1-5H3,(H,13,14). The largest absolute Gasteiger partial charge is 0.368 e. The molecular weight excluding hydrogens is 190 g/mol. The highest BCUT2D eigenvalue weighted by Crippen LogP contribution is 2.35. The van der Waals surface area contributed by atoms with Gasteiger partial charge in [0.15, 0.2) is 0 Å². The van der Waals surface area contributed by atoms with Crippen LogP contribution in [0.5, 0.6) is 0 Å². The Morgan fingerprint density at radius 1 is 1.40 bits per heavy atom. The highest BCUT2D eigenvalue weighted by atomic mass is 16.5. The summed E-state index contributed by atoms with van der Waals surface area (Å²) >= 11 is 0. The lowest BCUT2D eigenvalue weighted by Gasteiger charge is -2.40. The van der Waals surface area contributed by atoms with Crippen molar-refractivity contribution in [3.8, 4) is 0 Å². The first-order valence-electron chi connectivity index (χ1n) is 5.68. The van der Waals surface area contributed by atoms with Gasteiger partial charge in [0, 0.05) is 13.2 Å². The van der Waals surface area contributed by atoms with Crippen molar-refractivity contribution in [1.29, 1.82) is 0 Å². The smallest absolute Gasteiger partial charge is 0.252 e. The molecule has 0 heterocycles. The van der Waals surface area contributed by atoms with Crippen LogP contribution in [0.25, 0.3) is 0 Å². The van der Waals surface area contributed by atoms with Crippen molar-refractivity contribution < 1.29 is 9.53 Å². The Morgan fingerprint density at radius 2 is 1.93 bits per heavy atom. The summed E-state index contributed by atoms with van der Waals surface area (Å²) in [6.07, 6.45) is 2.80. The van der Waals surface area contributed by atoms with Crippen LogP contribution in [0.15, 0.2) is 0 Å². The molecule has 1 aliphatic carbocycles. The summed E-state index contributed by atoms with van der Waals surface area (Å²) in [5.41, 5.74) is -0.437. The Hall–Kier alpha value is -0.570. The summed E-state index contributed by atoms with van der Waals surface area (Å²) in [5.74, 6) is 0.0543. The number of carbonyl (C=O) groups is 1. The van der Waals surface area contributed by atoms with Crippen LogP contribution >= 0.6 is 0 Å². The molecule has 0 aromatic rings. The quantitative estimate of drug-likeness (QED) is 0.779. The molecule has 0 aromatic carbocycles. The summed E-state index contributed by atoms with van der Waals surface area (Å²) in [6.45, 7) is 8.41. The predicted molar refractivity (Wildman–Crippen MR) is 60.7 cm³/mol. The Labute approximate surface area is 92.6 Å². The average Bonchev–Trinajstić information content (AvgIpc) is 2.01. The minimum absolute atomic E-state index is 0.0543. The van der Waals surface area contributed by atoms with Crippen LogP contribution in [0.1, 0.15) is 47.0 Å². The van der Waals surface area contributed by atoms with Crippen molar-refractivity contribution in [2.75, 3.05) is 7.11 Å². The van der Waals surface area contributed by atoms with Gasteiger partial charge in [-0.1, -0.05) is 20.8 Å². The lowest BCUT2D eigenvalue weighted by molar-refractivity contribution is -0.155. The predicted octanol–water partition coefficient (Wildman–Crippen LogP) is 2.11. The van der Waals surface area contributed by atoms with Crippen LogP contribution in [-0.2, 0) is 9.53 Å². The average molecular weight is 213 g/mol. The molecule has 0 radical (unpaired) electrons. The first-order chi connectivity index (χ1) is 6.82. The molecule has 1 rings (SSSR count). The van der Waals surface area contributed by atoms with Crippen molar-refractivity contribution in [2.24, 2.45) is 5.41 Å². The van der Waals surface area contributed by atoms with E-state index >= 15 is 0 Å². The number of amides is 1. The summed E-state index contributed by atoms with van der Waals surface area (Å²) in [4.78, 5) is 12.0. The van der Waals surface area contributed by atoms with E-state index in [0.29, 0.717) is 0 Å². The Morgan fingerprint density at radius 3 is 2.20 bits per heavy atom. The lowest BCUT2D eigenvalue weighted by Crippen LogP contribution is -2.56.